The summed E-state index contributed by atoms with van der Waals surface area (Å²) in [5.41, 5.74) is 1.54. The third-order valence-corrected chi connectivity index (χ3v) is 4.16. The van der Waals surface area contributed by atoms with Gasteiger partial charge in [0.25, 0.3) is 6.23 Å². The Bertz CT molecular complexity index is 903. The quantitative estimate of drug-likeness (QED) is 0.328. The summed E-state index contributed by atoms with van der Waals surface area (Å²) in [6.45, 7) is 2.72. The maximum atomic E-state index is 12.9. The summed E-state index contributed by atoms with van der Waals surface area (Å²) < 4.78 is 14.9. The Labute approximate surface area is 186 Å². The average Bonchev–Trinajstić information content (AvgIpc) is 2.78. The van der Waals surface area contributed by atoms with Crippen LogP contribution in [0.15, 0.2) is 60.7 Å². The molecule has 170 valence electrons. The molecule has 0 heterocycles. The van der Waals surface area contributed by atoms with E-state index in [1.807, 2.05) is 24.3 Å². The van der Waals surface area contributed by atoms with Gasteiger partial charge in [0, 0.05) is 13.3 Å². The first-order valence-corrected chi connectivity index (χ1v) is 10.0. The zero-order valence-electron chi connectivity index (χ0n) is 17.9. The van der Waals surface area contributed by atoms with Crippen LogP contribution < -0.4 is 10.6 Å². The van der Waals surface area contributed by atoms with Crippen LogP contribution in [0.1, 0.15) is 25.0 Å². The number of ether oxygens (including phenoxy) is 3. The van der Waals surface area contributed by atoms with E-state index in [4.69, 9.17) is 14.2 Å². The molecule has 2 N–H and O–H groups in total. The summed E-state index contributed by atoms with van der Waals surface area (Å²) in [6.07, 6.45) is -2.34. The van der Waals surface area contributed by atoms with Crippen LogP contribution in [-0.2, 0) is 41.6 Å². The summed E-state index contributed by atoms with van der Waals surface area (Å²) in [4.78, 5) is 48.6. The highest BCUT2D eigenvalue weighted by Crippen LogP contribution is 2.06. The lowest BCUT2D eigenvalue weighted by atomic mass is 10.1. The standard InChI is InChI=1S/C23H26N2O7/c1-3-30-22(28)21(32-16(2)26)25-20(27)19(14-17-10-6-4-7-11-17)24-23(29)31-15-18-12-8-5-9-13-18/h4-13,19,21H,3,14-15H2,1-2H3,(H,24,29)(H,25,27)/t19-,21?/m0/s1. The minimum Gasteiger partial charge on any atom is -0.462 e. The monoisotopic (exact) mass is 442 g/mol. The van der Waals surface area contributed by atoms with Crippen LogP contribution in [0.4, 0.5) is 4.79 Å². The summed E-state index contributed by atoms with van der Waals surface area (Å²) in [6, 6.07) is 16.9. The predicted molar refractivity (Wildman–Crippen MR) is 114 cm³/mol. The van der Waals surface area contributed by atoms with Crippen molar-refractivity contribution in [2.45, 2.75) is 39.1 Å². The number of rotatable bonds is 10. The van der Waals surface area contributed by atoms with Crippen molar-refractivity contribution < 1.29 is 33.4 Å². The number of esters is 2. The van der Waals surface area contributed by atoms with Crippen molar-refractivity contribution in [3.63, 3.8) is 0 Å². The van der Waals surface area contributed by atoms with Gasteiger partial charge in [-0.25, -0.2) is 9.59 Å². The van der Waals surface area contributed by atoms with Crippen LogP contribution in [0.2, 0.25) is 0 Å². The van der Waals surface area contributed by atoms with Gasteiger partial charge in [-0.05, 0) is 18.1 Å². The molecule has 0 aliphatic rings. The molecule has 0 aliphatic carbocycles. The second kappa shape index (κ2) is 12.7. The van der Waals surface area contributed by atoms with Crippen molar-refractivity contribution >= 4 is 23.9 Å². The molecule has 0 aliphatic heterocycles. The van der Waals surface area contributed by atoms with Crippen molar-refractivity contribution in [2.75, 3.05) is 6.61 Å². The van der Waals surface area contributed by atoms with Gasteiger partial charge in [0.1, 0.15) is 12.6 Å². The first-order chi connectivity index (χ1) is 15.4. The number of carbonyl (C=O) groups is 4. The number of amides is 2. The topological polar surface area (TPSA) is 120 Å². The molecule has 9 heteroatoms. The molecule has 2 atom stereocenters. The molecule has 0 fully saturated rings. The van der Waals surface area contributed by atoms with E-state index in [9.17, 15) is 19.2 Å². The molecule has 2 rings (SSSR count). The smallest absolute Gasteiger partial charge is 0.408 e. The average molecular weight is 442 g/mol. The number of hydrogen-bond acceptors (Lipinski definition) is 7. The summed E-state index contributed by atoms with van der Waals surface area (Å²) in [7, 11) is 0. The Morgan fingerprint density at radius 3 is 2.00 bits per heavy atom. The van der Waals surface area contributed by atoms with Crippen LogP contribution in [0, 0.1) is 0 Å². The maximum Gasteiger partial charge on any atom is 0.408 e. The van der Waals surface area contributed by atoms with E-state index in [0.717, 1.165) is 18.1 Å². The van der Waals surface area contributed by atoms with Crippen molar-refractivity contribution in [3.8, 4) is 0 Å². The summed E-state index contributed by atoms with van der Waals surface area (Å²) >= 11 is 0. The number of alkyl carbamates (subject to hydrolysis) is 1. The van der Waals surface area contributed by atoms with Crippen molar-refractivity contribution in [1.29, 1.82) is 0 Å². The number of benzene rings is 2. The van der Waals surface area contributed by atoms with Gasteiger partial charge in [0.15, 0.2) is 0 Å². The molecule has 0 saturated heterocycles. The Balaban J connectivity index is 2.09. The van der Waals surface area contributed by atoms with Gasteiger partial charge in [-0.15, -0.1) is 0 Å². The fraction of sp³-hybridized carbons (Fsp3) is 0.304. The van der Waals surface area contributed by atoms with Crippen molar-refractivity contribution in [2.24, 2.45) is 0 Å². The van der Waals surface area contributed by atoms with E-state index in [1.54, 1.807) is 43.3 Å². The van der Waals surface area contributed by atoms with Gasteiger partial charge in [-0.3, -0.25) is 9.59 Å². The minimum absolute atomic E-state index is 0.0191. The first-order valence-electron chi connectivity index (χ1n) is 10.0. The Kier molecular flexibility index (Phi) is 9.70. The number of hydrogen-bond donors (Lipinski definition) is 2. The zero-order valence-corrected chi connectivity index (χ0v) is 17.9. The zero-order chi connectivity index (χ0) is 23.3. The summed E-state index contributed by atoms with van der Waals surface area (Å²) in [5, 5.41) is 4.80. The van der Waals surface area contributed by atoms with Gasteiger partial charge < -0.3 is 24.8 Å². The first kappa shape index (κ1) is 24.4. The third-order valence-electron chi connectivity index (χ3n) is 4.16. The molecular formula is C23H26N2O7. The van der Waals surface area contributed by atoms with Gasteiger partial charge in [-0.2, -0.15) is 0 Å². The van der Waals surface area contributed by atoms with E-state index in [2.05, 4.69) is 10.6 Å². The molecule has 2 aromatic carbocycles. The lowest BCUT2D eigenvalue weighted by Gasteiger charge is -2.22. The van der Waals surface area contributed by atoms with E-state index in [-0.39, 0.29) is 19.6 Å². The second-order valence-electron chi connectivity index (χ2n) is 6.70. The normalized spacial score (nSPS) is 12.1. The van der Waals surface area contributed by atoms with E-state index < -0.39 is 36.2 Å². The SMILES string of the molecule is CCOC(=O)C(NC(=O)[C@H](Cc1ccccc1)NC(=O)OCc1ccccc1)OC(C)=O. The molecule has 0 bridgehead atoms. The Morgan fingerprint density at radius 2 is 1.44 bits per heavy atom. The molecule has 0 radical (unpaired) electrons. The van der Waals surface area contributed by atoms with E-state index in [1.165, 1.54) is 0 Å². The number of nitrogens with one attached hydrogen (secondary N) is 2. The predicted octanol–water partition coefficient (Wildman–Crippen LogP) is 2.09. The second-order valence-corrected chi connectivity index (χ2v) is 6.70. The lowest BCUT2D eigenvalue weighted by molar-refractivity contribution is -0.170. The molecule has 2 aromatic rings. The minimum atomic E-state index is -1.64. The molecule has 0 saturated carbocycles. The molecule has 0 spiro atoms. The van der Waals surface area contributed by atoms with Crippen molar-refractivity contribution in [3.05, 3.63) is 71.8 Å². The highest BCUT2D eigenvalue weighted by Gasteiger charge is 2.30. The van der Waals surface area contributed by atoms with Crippen LogP contribution in [-0.4, -0.2) is 42.8 Å². The largest absolute Gasteiger partial charge is 0.462 e. The van der Waals surface area contributed by atoms with Gasteiger partial charge >= 0.3 is 18.0 Å². The van der Waals surface area contributed by atoms with Gasteiger partial charge in [-0.1, -0.05) is 60.7 Å². The molecule has 9 nitrogen and oxygen atoms in total. The van der Waals surface area contributed by atoms with Gasteiger partial charge in [0.05, 0.1) is 6.61 Å². The molecule has 1 unspecified atom stereocenters. The van der Waals surface area contributed by atoms with Gasteiger partial charge in [0.2, 0.25) is 5.91 Å². The van der Waals surface area contributed by atoms with Crippen LogP contribution >= 0.6 is 0 Å². The highest BCUT2D eigenvalue weighted by molar-refractivity contribution is 5.90. The lowest BCUT2D eigenvalue weighted by Crippen LogP contribution is -2.54. The van der Waals surface area contributed by atoms with Crippen LogP contribution in [0.25, 0.3) is 0 Å². The number of carbonyl (C=O) groups excluding carboxylic acids is 4. The van der Waals surface area contributed by atoms with Crippen molar-refractivity contribution in [1.82, 2.24) is 10.6 Å². The molecule has 32 heavy (non-hydrogen) atoms. The molecular weight excluding hydrogens is 416 g/mol. The Hall–Kier alpha value is -3.88. The van der Waals surface area contributed by atoms with Crippen LogP contribution in [0.3, 0.4) is 0 Å². The molecule has 2 amide bonds. The highest BCUT2D eigenvalue weighted by atomic mass is 16.6. The summed E-state index contributed by atoms with van der Waals surface area (Å²) in [5.74, 6) is -2.45. The third kappa shape index (κ3) is 8.47. The maximum absolute atomic E-state index is 12.9. The van der Waals surface area contributed by atoms with E-state index in [0.29, 0.717) is 0 Å². The Morgan fingerprint density at radius 1 is 0.844 bits per heavy atom. The molecule has 0 aromatic heterocycles. The van der Waals surface area contributed by atoms with E-state index >= 15 is 0 Å². The fourth-order valence-electron chi connectivity index (χ4n) is 2.72. The van der Waals surface area contributed by atoms with Crippen LogP contribution in [0.5, 0.6) is 0 Å². The fourth-order valence-corrected chi connectivity index (χ4v) is 2.72.